The highest BCUT2D eigenvalue weighted by Crippen LogP contribution is 2.55. The fourth-order valence-electron chi connectivity index (χ4n) is 2.94. The van der Waals surface area contributed by atoms with Gasteiger partial charge in [-0.15, -0.1) is 0 Å². The van der Waals surface area contributed by atoms with Gasteiger partial charge < -0.3 is 5.73 Å². The molecule has 2 rings (SSSR count). The third-order valence-electron chi connectivity index (χ3n) is 3.58. The predicted molar refractivity (Wildman–Crippen MR) is 47.2 cm³/mol. The molecule has 2 aliphatic rings. The average Bonchev–Trinajstić information content (AvgIpc) is 2.68. The highest BCUT2D eigenvalue weighted by atomic mass is 14.6. The van der Waals surface area contributed by atoms with Crippen LogP contribution in [0.3, 0.4) is 0 Å². The van der Waals surface area contributed by atoms with E-state index in [9.17, 15) is 0 Å². The molecule has 0 aromatic rings. The second-order valence-electron chi connectivity index (χ2n) is 4.21. The van der Waals surface area contributed by atoms with E-state index in [0.29, 0.717) is 0 Å². The Kier molecular flexibility index (Phi) is 2.17. The maximum absolute atomic E-state index is 5.56. The van der Waals surface area contributed by atoms with Crippen molar-refractivity contribution in [1.82, 2.24) is 0 Å². The Morgan fingerprint density at radius 3 is 2.18 bits per heavy atom. The second kappa shape index (κ2) is 3.14. The summed E-state index contributed by atoms with van der Waals surface area (Å²) in [7, 11) is 0. The monoisotopic (exact) mass is 153 g/mol. The van der Waals surface area contributed by atoms with Gasteiger partial charge in [0.25, 0.3) is 0 Å². The molecule has 3 atom stereocenters. The van der Waals surface area contributed by atoms with Crippen LogP contribution in [0, 0.1) is 17.8 Å². The van der Waals surface area contributed by atoms with Gasteiger partial charge in [0.15, 0.2) is 0 Å². The summed E-state index contributed by atoms with van der Waals surface area (Å²) >= 11 is 0. The molecule has 2 fully saturated rings. The van der Waals surface area contributed by atoms with Crippen LogP contribution in [0.25, 0.3) is 0 Å². The first-order valence-electron chi connectivity index (χ1n) is 5.13. The molecule has 0 saturated heterocycles. The summed E-state index contributed by atoms with van der Waals surface area (Å²) in [5, 5.41) is 0. The quantitative estimate of drug-likeness (QED) is 0.646. The number of rotatable bonds is 2. The van der Waals surface area contributed by atoms with Crippen molar-refractivity contribution >= 4 is 0 Å². The molecular formula is C10H19N. The van der Waals surface area contributed by atoms with Gasteiger partial charge in [0.1, 0.15) is 0 Å². The molecule has 0 aromatic heterocycles. The highest BCUT2D eigenvalue weighted by molar-refractivity contribution is 4.97. The summed E-state index contributed by atoms with van der Waals surface area (Å²) < 4.78 is 0. The van der Waals surface area contributed by atoms with Crippen molar-refractivity contribution in [2.45, 2.75) is 38.5 Å². The lowest BCUT2D eigenvalue weighted by Gasteiger charge is -1.99. The van der Waals surface area contributed by atoms with Crippen LogP contribution in [-0.4, -0.2) is 6.54 Å². The van der Waals surface area contributed by atoms with Gasteiger partial charge in [0.2, 0.25) is 0 Å². The fourth-order valence-corrected chi connectivity index (χ4v) is 2.94. The van der Waals surface area contributed by atoms with Crippen molar-refractivity contribution < 1.29 is 0 Å². The highest BCUT2D eigenvalue weighted by Gasteiger charge is 2.48. The van der Waals surface area contributed by atoms with E-state index in [0.717, 1.165) is 24.3 Å². The Morgan fingerprint density at radius 2 is 1.64 bits per heavy atom. The smallest absolute Gasteiger partial charge is 0.00744 e. The van der Waals surface area contributed by atoms with Crippen molar-refractivity contribution in [1.29, 1.82) is 0 Å². The van der Waals surface area contributed by atoms with Gasteiger partial charge in [-0.3, -0.25) is 0 Å². The van der Waals surface area contributed by atoms with Gasteiger partial charge in [-0.1, -0.05) is 19.3 Å². The first kappa shape index (κ1) is 7.60. The number of hydrogen-bond donors (Lipinski definition) is 1. The molecular weight excluding hydrogens is 134 g/mol. The van der Waals surface area contributed by atoms with Crippen LogP contribution in [-0.2, 0) is 0 Å². The Hall–Kier alpha value is -0.0400. The zero-order valence-corrected chi connectivity index (χ0v) is 7.26. The van der Waals surface area contributed by atoms with E-state index in [-0.39, 0.29) is 0 Å². The fraction of sp³-hybridized carbons (Fsp3) is 1.00. The minimum Gasteiger partial charge on any atom is -0.330 e. The van der Waals surface area contributed by atoms with Crippen LogP contribution in [0.15, 0.2) is 0 Å². The van der Waals surface area contributed by atoms with Crippen molar-refractivity contribution in [2.75, 3.05) is 6.54 Å². The Labute approximate surface area is 69.4 Å². The largest absolute Gasteiger partial charge is 0.330 e. The first-order valence-corrected chi connectivity index (χ1v) is 5.13. The van der Waals surface area contributed by atoms with Gasteiger partial charge in [0, 0.05) is 0 Å². The molecule has 0 amide bonds. The van der Waals surface area contributed by atoms with Gasteiger partial charge in [-0.2, -0.15) is 0 Å². The lowest BCUT2D eigenvalue weighted by molar-refractivity contribution is 0.548. The summed E-state index contributed by atoms with van der Waals surface area (Å²) in [6, 6.07) is 0. The van der Waals surface area contributed by atoms with E-state index in [1.54, 1.807) is 0 Å². The Bertz CT molecular complexity index is 114. The zero-order valence-electron chi connectivity index (χ0n) is 7.26. The van der Waals surface area contributed by atoms with Crippen LogP contribution in [0.2, 0.25) is 0 Å². The van der Waals surface area contributed by atoms with Crippen molar-refractivity contribution in [3.8, 4) is 0 Å². The molecule has 2 N–H and O–H groups in total. The van der Waals surface area contributed by atoms with Gasteiger partial charge >= 0.3 is 0 Å². The molecule has 0 heterocycles. The second-order valence-corrected chi connectivity index (χ2v) is 4.21. The summed E-state index contributed by atoms with van der Waals surface area (Å²) in [5.74, 6) is 3.24. The topological polar surface area (TPSA) is 26.0 Å². The molecule has 1 unspecified atom stereocenters. The lowest BCUT2D eigenvalue weighted by atomic mass is 10.1. The van der Waals surface area contributed by atoms with Crippen LogP contribution in [0.1, 0.15) is 38.5 Å². The Morgan fingerprint density at radius 1 is 1.00 bits per heavy atom. The predicted octanol–water partition coefficient (Wildman–Crippen LogP) is 2.16. The molecule has 0 aliphatic heterocycles. The van der Waals surface area contributed by atoms with Crippen LogP contribution in [0.4, 0.5) is 0 Å². The van der Waals surface area contributed by atoms with E-state index in [1.807, 2.05) is 0 Å². The van der Waals surface area contributed by atoms with Gasteiger partial charge in [-0.25, -0.2) is 0 Å². The van der Waals surface area contributed by atoms with E-state index in [2.05, 4.69) is 0 Å². The zero-order chi connectivity index (χ0) is 7.68. The number of nitrogens with two attached hydrogens (primary N) is 1. The summed E-state index contributed by atoms with van der Waals surface area (Å²) in [6.45, 7) is 0.914. The molecule has 11 heavy (non-hydrogen) atoms. The Balaban J connectivity index is 1.82. The molecule has 1 heteroatoms. The maximum atomic E-state index is 5.56. The molecule has 1 nitrogen and oxygen atoms in total. The normalized spacial score (nSPS) is 42.8. The minimum atomic E-state index is 0.914. The van der Waals surface area contributed by atoms with E-state index in [4.69, 9.17) is 5.73 Å². The third kappa shape index (κ3) is 1.44. The minimum absolute atomic E-state index is 0.914. The third-order valence-corrected chi connectivity index (χ3v) is 3.58. The number of hydrogen-bond acceptors (Lipinski definition) is 1. The molecule has 0 bridgehead atoms. The standard InChI is InChI=1S/C10H19N/c11-7-6-10-8-4-2-1-3-5-9(8)10/h8-10H,1-7,11H2/t8-,9+,10?. The molecule has 64 valence electrons. The van der Waals surface area contributed by atoms with Crippen LogP contribution >= 0.6 is 0 Å². The molecule has 0 radical (unpaired) electrons. The average molecular weight is 153 g/mol. The molecule has 2 saturated carbocycles. The molecule has 2 aliphatic carbocycles. The maximum Gasteiger partial charge on any atom is -0.00744 e. The van der Waals surface area contributed by atoms with Crippen molar-refractivity contribution in [3.63, 3.8) is 0 Å². The summed E-state index contributed by atoms with van der Waals surface area (Å²) in [4.78, 5) is 0. The van der Waals surface area contributed by atoms with E-state index < -0.39 is 0 Å². The summed E-state index contributed by atoms with van der Waals surface area (Å²) in [6.07, 6.45) is 8.78. The van der Waals surface area contributed by atoms with Crippen molar-refractivity contribution in [3.05, 3.63) is 0 Å². The van der Waals surface area contributed by atoms with Crippen LogP contribution < -0.4 is 5.73 Å². The van der Waals surface area contributed by atoms with E-state index >= 15 is 0 Å². The number of fused-ring (bicyclic) bond motifs is 1. The lowest BCUT2D eigenvalue weighted by Crippen LogP contribution is -2.01. The molecule has 0 spiro atoms. The van der Waals surface area contributed by atoms with E-state index in [1.165, 1.54) is 38.5 Å². The first-order chi connectivity index (χ1) is 5.43. The SMILES string of the molecule is NCCC1[C@H]2CCCCC[C@@H]12. The van der Waals surface area contributed by atoms with Gasteiger partial charge in [-0.05, 0) is 43.6 Å². The van der Waals surface area contributed by atoms with Gasteiger partial charge in [0.05, 0.1) is 0 Å². The van der Waals surface area contributed by atoms with Crippen LogP contribution in [0.5, 0.6) is 0 Å². The van der Waals surface area contributed by atoms with Crippen molar-refractivity contribution in [2.24, 2.45) is 23.5 Å². The molecule has 0 aromatic carbocycles. The summed E-state index contributed by atoms with van der Waals surface area (Å²) in [5.41, 5.74) is 5.56.